The molecule has 198 valence electrons. The molecule has 0 spiro atoms. The van der Waals surface area contributed by atoms with E-state index in [1.807, 2.05) is 0 Å². The largest absolute Gasteiger partial charge is 0.480 e. The Morgan fingerprint density at radius 2 is 0.758 bits per heavy atom. The molecule has 0 aliphatic heterocycles. The van der Waals surface area contributed by atoms with Crippen molar-refractivity contribution in [2.24, 2.45) is 0 Å². The number of hydrogen-bond donors (Lipinski definition) is 1. The first-order chi connectivity index (χ1) is 16.3. The summed E-state index contributed by atoms with van der Waals surface area (Å²) in [4.78, 5) is 10.3. The number of carboxylic acids is 1. The van der Waals surface area contributed by atoms with Crippen molar-refractivity contribution < 1.29 is 33.6 Å². The van der Waals surface area contributed by atoms with Gasteiger partial charge in [0.05, 0.1) is 0 Å². The van der Waals surface area contributed by atoms with Gasteiger partial charge in [-0.15, -0.1) is 0 Å². The van der Waals surface area contributed by atoms with Crippen LogP contribution in [-0.2, 0) is 28.5 Å². The molecule has 0 aromatic heterocycles. The van der Waals surface area contributed by atoms with E-state index < -0.39 is 5.97 Å². The van der Waals surface area contributed by atoms with Gasteiger partial charge in [-0.3, -0.25) is 0 Å². The van der Waals surface area contributed by atoms with Gasteiger partial charge in [-0.25, -0.2) is 4.79 Å². The second-order valence-corrected chi connectivity index (χ2v) is 8.49. The fourth-order valence-corrected chi connectivity index (χ4v) is 3.31. The summed E-state index contributed by atoms with van der Waals surface area (Å²) in [6.07, 6.45) is 17.0. The lowest BCUT2D eigenvalue weighted by Crippen LogP contribution is -2.10. The average Bonchev–Trinajstić information content (AvgIpc) is 2.80. The minimum Gasteiger partial charge on any atom is -0.480 e. The van der Waals surface area contributed by atoms with Crippen molar-refractivity contribution in [3.8, 4) is 0 Å². The van der Waals surface area contributed by atoms with Crippen LogP contribution >= 0.6 is 0 Å². The van der Waals surface area contributed by atoms with Crippen LogP contribution in [0.1, 0.15) is 96.8 Å². The van der Waals surface area contributed by atoms with Gasteiger partial charge in [0.2, 0.25) is 0 Å². The Kier molecular flexibility index (Phi) is 28.7. The third-order valence-corrected chi connectivity index (χ3v) is 5.18. The smallest absolute Gasteiger partial charge is 0.329 e. The lowest BCUT2D eigenvalue weighted by Gasteiger charge is -2.07. The summed E-state index contributed by atoms with van der Waals surface area (Å²) in [5, 5.41) is 8.43. The average molecular weight is 477 g/mol. The Bertz CT molecular complexity index is 380. The summed E-state index contributed by atoms with van der Waals surface area (Å²) in [6.45, 7) is 8.20. The highest BCUT2D eigenvalue weighted by molar-refractivity contribution is 5.67. The summed E-state index contributed by atoms with van der Waals surface area (Å²) in [5.74, 6) is -0.942. The predicted molar refractivity (Wildman–Crippen MR) is 132 cm³/mol. The Morgan fingerprint density at radius 1 is 0.455 bits per heavy atom. The van der Waals surface area contributed by atoms with Gasteiger partial charge >= 0.3 is 5.97 Å². The van der Waals surface area contributed by atoms with Gasteiger partial charge in [-0.1, -0.05) is 64.7 Å². The Hall–Kier alpha value is -0.730. The number of aliphatic carboxylic acids is 1. The van der Waals surface area contributed by atoms with Crippen LogP contribution in [0.15, 0.2) is 0 Å². The van der Waals surface area contributed by atoms with Crippen LogP contribution in [0.4, 0.5) is 0 Å². The molecule has 33 heavy (non-hydrogen) atoms. The first-order valence-corrected chi connectivity index (χ1v) is 13.4. The molecular formula is C26H52O7. The fourth-order valence-electron chi connectivity index (χ4n) is 3.31. The lowest BCUT2D eigenvalue weighted by atomic mass is 10.1. The zero-order chi connectivity index (χ0) is 24.1. The molecule has 0 radical (unpaired) electrons. The molecule has 7 nitrogen and oxygen atoms in total. The summed E-state index contributed by atoms with van der Waals surface area (Å²) in [5.41, 5.74) is 0. The predicted octanol–water partition coefficient (Wildman–Crippen LogP) is 5.64. The molecule has 0 aliphatic rings. The van der Waals surface area contributed by atoms with E-state index in [9.17, 15) is 4.79 Å². The van der Waals surface area contributed by atoms with Crippen LogP contribution in [0.25, 0.3) is 0 Å². The van der Waals surface area contributed by atoms with Crippen molar-refractivity contribution in [3.05, 3.63) is 0 Å². The van der Waals surface area contributed by atoms with E-state index in [-0.39, 0.29) is 6.61 Å². The van der Waals surface area contributed by atoms with Crippen LogP contribution in [-0.4, -0.2) is 77.1 Å². The van der Waals surface area contributed by atoms with Crippen molar-refractivity contribution in [2.45, 2.75) is 96.8 Å². The maximum atomic E-state index is 10.3. The van der Waals surface area contributed by atoms with Gasteiger partial charge in [0, 0.05) is 59.5 Å². The Morgan fingerprint density at radius 3 is 1.12 bits per heavy atom. The zero-order valence-corrected chi connectivity index (χ0v) is 21.4. The van der Waals surface area contributed by atoms with E-state index in [1.54, 1.807) is 0 Å². The summed E-state index contributed by atoms with van der Waals surface area (Å²) < 4.78 is 27.2. The van der Waals surface area contributed by atoms with E-state index in [1.165, 1.54) is 64.2 Å². The molecule has 0 aromatic rings. The van der Waals surface area contributed by atoms with Crippen molar-refractivity contribution in [2.75, 3.05) is 66.1 Å². The van der Waals surface area contributed by atoms with E-state index in [2.05, 4.69) is 6.92 Å². The van der Waals surface area contributed by atoms with E-state index >= 15 is 0 Å². The van der Waals surface area contributed by atoms with E-state index in [0.29, 0.717) is 39.5 Å². The summed E-state index contributed by atoms with van der Waals surface area (Å²) in [7, 11) is 0. The molecule has 0 saturated heterocycles. The lowest BCUT2D eigenvalue weighted by molar-refractivity contribution is -0.142. The molecule has 1 N–H and O–H groups in total. The van der Waals surface area contributed by atoms with Gasteiger partial charge in [-0.05, 0) is 32.1 Å². The van der Waals surface area contributed by atoms with Gasteiger partial charge < -0.3 is 28.8 Å². The summed E-state index contributed by atoms with van der Waals surface area (Å²) in [6, 6.07) is 0. The third-order valence-electron chi connectivity index (χ3n) is 5.18. The SMILES string of the molecule is CCCCCCCCCCCCOCCCOCCCOCCCOCCCOCC(=O)O. The molecular weight excluding hydrogens is 424 g/mol. The minimum atomic E-state index is -0.942. The molecule has 0 aromatic carbocycles. The van der Waals surface area contributed by atoms with Crippen molar-refractivity contribution in [1.82, 2.24) is 0 Å². The third kappa shape index (κ3) is 31.3. The number of unbranched alkanes of at least 4 members (excludes halogenated alkanes) is 9. The molecule has 0 atom stereocenters. The molecule has 0 heterocycles. The number of ether oxygens (including phenoxy) is 5. The fraction of sp³-hybridized carbons (Fsp3) is 0.962. The summed E-state index contributed by atoms with van der Waals surface area (Å²) >= 11 is 0. The minimum absolute atomic E-state index is 0.245. The normalized spacial score (nSPS) is 11.3. The van der Waals surface area contributed by atoms with Crippen LogP contribution in [0.2, 0.25) is 0 Å². The van der Waals surface area contributed by atoms with Crippen molar-refractivity contribution in [3.63, 3.8) is 0 Å². The number of hydrogen-bond acceptors (Lipinski definition) is 6. The van der Waals surface area contributed by atoms with Gasteiger partial charge in [0.1, 0.15) is 6.61 Å². The molecule has 0 bridgehead atoms. The molecule has 0 fully saturated rings. The molecule has 7 heteroatoms. The van der Waals surface area contributed by atoms with E-state index in [0.717, 1.165) is 45.7 Å². The standard InChI is InChI=1S/C26H52O7/c1-2-3-4-5-6-7-8-9-10-11-16-29-17-12-18-30-19-13-20-31-21-14-22-32-23-15-24-33-25-26(27)28/h2-25H2,1H3,(H,27,28). The topological polar surface area (TPSA) is 83.5 Å². The second kappa shape index (κ2) is 29.3. The van der Waals surface area contributed by atoms with Crippen LogP contribution in [0.5, 0.6) is 0 Å². The highest BCUT2D eigenvalue weighted by atomic mass is 16.5. The van der Waals surface area contributed by atoms with Gasteiger partial charge in [0.15, 0.2) is 0 Å². The Balaban J connectivity index is 3.01. The molecule has 0 amide bonds. The molecule has 0 aliphatic carbocycles. The molecule has 0 saturated carbocycles. The van der Waals surface area contributed by atoms with E-state index in [4.69, 9.17) is 28.8 Å². The van der Waals surface area contributed by atoms with Crippen LogP contribution < -0.4 is 0 Å². The van der Waals surface area contributed by atoms with Gasteiger partial charge in [0.25, 0.3) is 0 Å². The number of carboxylic acid groups (broad SMARTS) is 1. The van der Waals surface area contributed by atoms with Gasteiger partial charge in [-0.2, -0.15) is 0 Å². The molecule has 0 unspecified atom stereocenters. The van der Waals surface area contributed by atoms with Crippen LogP contribution in [0, 0.1) is 0 Å². The second-order valence-electron chi connectivity index (χ2n) is 8.49. The quantitative estimate of drug-likeness (QED) is 0.140. The van der Waals surface area contributed by atoms with Crippen molar-refractivity contribution in [1.29, 1.82) is 0 Å². The monoisotopic (exact) mass is 476 g/mol. The number of rotatable bonds is 29. The highest BCUT2D eigenvalue weighted by Crippen LogP contribution is 2.10. The maximum Gasteiger partial charge on any atom is 0.329 e. The first kappa shape index (κ1) is 32.3. The maximum absolute atomic E-state index is 10.3. The number of carbonyl (C=O) groups is 1. The Labute approximate surface area is 202 Å². The van der Waals surface area contributed by atoms with Crippen molar-refractivity contribution >= 4 is 5.97 Å². The highest BCUT2D eigenvalue weighted by Gasteiger charge is 1.97. The van der Waals surface area contributed by atoms with Crippen LogP contribution in [0.3, 0.4) is 0 Å². The first-order valence-electron chi connectivity index (χ1n) is 13.4. The zero-order valence-electron chi connectivity index (χ0n) is 21.4. The molecule has 0 rings (SSSR count).